The second-order valence-corrected chi connectivity index (χ2v) is 6.17. The molecule has 0 unspecified atom stereocenters. The van der Waals surface area contributed by atoms with E-state index < -0.39 is 0 Å². The molecule has 1 aliphatic rings. The van der Waals surface area contributed by atoms with Crippen LogP contribution in [-0.4, -0.2) is 35.8 Å². The molecule has 1 fully saturated rings. The van der Waals surface area contributed by atoms with Gasteiger partial charge in [0.25, 0.3) is 0 Å². The Morgan fingerprint density at radius 2 is 1.79 bits per heavy atom. The van der Waals surface area contributed by atoms with Gasteiger partial charge in [0, 0.05) is 37.5 Å². The van der Waals surface area contributed by atoms with Gasteiger partial charge in [-0.25, -0.2) is 4.98 Å². The van der Waals surface area contributed by atoms with Gasteiger partial charge in [0.05, 0.1) is 0 Å². The largest absolute Gasteiger partial charge is 0.356 e. The molecule has 24 heavy (non-hydrogen) atoms. The number of nitrogens with zero attached hydrogens (tertiary/aromatic N) is 1. The van der Waals surface area contributed by atoms with E-state index >= 15 is 0 Å². The number of carbonyl (C=O) groups excluding carboxylic acids is 3. The molecule has 1 aromatic rings. The van der Waals surface area contributed by atoms with Gasteiger partial charge in [0.1, 0.15) is 5.82 Å². The lowest BCUT2D eigenvalue weighted by atomic mass is 10.3. The molecule has 0 bridgehead atoms. The van der Waals surface area contributed by atoms with Crippen LogP contribution in [0.5, 0.6) is 0 Å². The average molecular weight is 332 g/mol. The number of rotatable bonds is 8. The zero-order valence-electron chi connectivity index (χ0n) is 14.1. The summed E-state index contributed by atoms with van der Waals surface area (Å²) >= 11 is 0. The highest BCUT2D eigenvalue weighted by molar-refractivity contribution is 5.90. The average Bonchev–Trinajstić information content (AvgIpc) is 3.24. The van der Waals surface area contributed by atoms with Crippen LogP contribution in [-0.2, 0) is 14.4 Å². The van der Waals surface area contributed by atoms with Crippen molar-refractivity contribution in [2.45, 2.75) is 33.1 Å². The van der Waals surface area contributed by atoms with Crippen LogP contribution >= 0.6 is 0 Å². The molecule has 0 saturated heterocycles. The predicted octanol–water partition coefficient (Wildman–Crippen LogP) is 0.997. The summed E-state index contributed by atoms with van der Waals surface area (Å²) in [6, 6.07) is 5.38. The molecule has 0 radical (unpaired) electrons. The Hall–Kier alpha value is -2.44. The number of aryl methyl sites for hydroxylation is 1. The molecule has 0 aromatic carbocycles. The number of hydrogen-bond donors (Lipinski definition) is 3. The molecule has 3 N–H and O–H groups in total. The summed E-state index contributed by atoms with van der Waals surface area (Å²) in [7, 11) is 0. The Labute approximate surface area is 141 Å². The van der Waals surface area contributed by atoms with E-state index in [1.807, 2.05) is 26.0 Å². The van der Waals surface area contributed by atoms with Gasteiger partial charge in [-0.3, -0.25) is 14.4 Å². The van der Waals surface area contributed by atoms with Crippen molar-refractivity contribution in [1.29, 1.82) is 0 Å². The first-order chi connectivity index (χ1) is 11.5. The topological polar surface area (TPSA) is 100 Å². The highest BCUT2D eigenvalue weighted by Crippen LogP contribution is 2.37. The fourth-order valence-corrected chi connectivity index (χ4v) is 2.34. The zero-order valence-corrected chi connectivity index (χ0v) is 14.1. The summed E-state index contributed by atoms with van der Waals surface area (Å²) in [5.74, 6) is 0.723. The summed E-state index contributed by atoms with van der Waals surface area (Å²) in [5.41, 5.74) is 0.823. The molecule has 130 valence electrons. The van der Waals surface area contributed by atoms with Crippen molar-refractivity contribution >= 4 is 23.5 Å². The normalized spacial score (nSPS) is 18.6. The van der Waals surface area contributed by atoms with Crippen molar-refractivity contribution in [3.05, 3.63) is 23.9 Å². The van der Waals surface area contributed by atoms with Gasteiger partial charge < -0.3 is 16.0 Å². The summed E-state index contributed by atoms with van der Waals surface area (Å²) < 4.78 is 0. The Morgan fingerprint density at radius 1 is 1.12 bits per heavy atom. The summed E-state index contributed by atoms with van der Waals surface area (Å²) in [6.45, 7) is 4.46. The van der Waals surface area contributed by atoms with Crippen molar-refractivity contribution in [2.24, 2.45) is 11.8 Å². The highest BCUT2D eigenvalue weighted by Gasteiger charge is 2.38. The maximum Gasteiger partial charge on any atom is 0.227 e. The van der Waals surface area contributed by atoms with E-state index in [0.29, 0.717) is 18.3 Å². The van der Waals surface area contributed by atoms with Crippen LogP contribution in [0, 0.1) is 18.8 Å². The second kappa shape index (κ2) is 8.42. The minimum absolute atomic E-state index is 0.0281. The van der Waals surface area contributed by atoms with Crippen molar-refractivity contribution in [3.8, 4) is 0 Å². The van der Waals surface area contributed by atoms with E-state index in [4.69, 9.17) is 0 Å². The molecular weight excluding hydrogens is 308 g/mol. The quantitative estimate of drug-likeness (QED) is 0.661. The summed E-state index contributed by atoms with van der Waals surface area (Å²) in [6.07, 6.45) is 1.32. The number of hydrogen-bond acceptors (Lipinski definition) is 4. The molecule has 1 saturated carbocycles. The Morgan fingerprint density at radius 3 is 2.46 bits per heavy atom. The smallest absolute Gasteiger partial charge is 0.227 e. The fourth-order valence-electron chi connectivity index (χ4n) is 2.34. The third-order valence-electron chi connectivity index (χ3n) is 3.93. The third kappa shape index (κ3) is 5.98. The number of aromatic nitrogens is 1. The Kier molecular flexibility index (Phi) is 6.28. The van der Waals surface area contributed by atoms with Crippen LogP contribution < -0.4 is 16.0 Å². The first-order valence-corrected chi connectivity index (χ1v) is 8.23. The van der Waals surface area contributed by atoms with Gasteiger partial charge in [0.15, 0.2) is 0 Å². The van der Waals surface area contributed by atoms with Crippen molar-refractivity contribution in [2.75, 3.05) is 18.4 Å². The molecule has 1 aromatic heterocycles. The van der Waals surface area contributed by atoms with Gasteiger partial charge in [-0.1, -0.05) is 13.0 Å². The number of carbonyl (C=O) groups is 3. The molecule has 2 atom stereocenters. The van der Waals surface area contributed by atoms with Crippen LogP contribution in [0.2, 0.25) is 0 Å². The minimum atomic E-state index is -0.204. The van der Waals surface area contributed by atoms with E-state index in [9.17, 15) is 14.4 Å². The molecule has 7 nitrogen and oxygen atoms in total. The molecule has 0 aliphatic heterocycles. The zero-order chi connectivity index (χ0) is 17.5. The van der Waals surface area contributed by atoms with Gasteiger partial charge in [-0.15, -0.1) is 0 Å². The number of nitrogens with one attached hydrogen (secondary N) is 3. The molecule has 1 aliphatic carbocycles. The molecule has 3 amide bonds. The van der Waals surface area contributed by atoms with Gasteiger partial charge in [-0.2, -0.15) is 0 Å². The van der Waals surface area contributed by atoms with Crippen molar-refractivity contribution in [3.63, 3.8) is 0 Å². The first-order valence-electron chi connectivity index (χ1n) is 8.23. The lowest BCUT2D eigenvalue weighted by Gasteiger charge is -2.07. The maximum absolute atomic E-state index is 11.8. The second-order valence-electron chi connectivity index (χ2n) is 6.17. The van der Waals surface area contributed by atoms with Crippen molar-refractivity contribution in [1.82, 2.24) is 15.6 Å². The summed E-state index contributed by atoms with van der Waals surface area (Å²) in [4.78, 5) is 39.2. The monoisotopic (exact) mass is 332 g/mol. The highest BCUT2D eigenvalue weighted by atomic mass is 16.2. The van der Waals surface area contributed by atoms with Crippen LogP contribution in [0.3, 0.4) is 0 Å². The number of amides is 3. The minimum Gasteiger partial charge on any atom is -0.356 e. The lowest BCUT2D eigenvalue weighted by molar-refractivity contribution is -0.123. The molecule has 1 heterocycles. The molecule has 7 heteroatoms. The van der Waals surface area contributed by atoms with E-state index in [-0.39, 0.29) is 43.0 Å². The lowest BCUT2D eigenvalue weighted by Crippen LogP contribution is -2.33. The SMILES string of the molecule is Cc1cccc(NC(=O)CCNC(=O)CCNC(=O)[C@@H]2C[C@@H]2C)n1. The molecule has 0 spiro atoms. The van der Waals surface area contributed by atoms with Crippen LogP contribution in [0.15, 0.2) is 18.2 Å². The van der Waals surface area contributed by atoms with Gasteiger partial charge >= 0.3 is 0 Å². The van der Waals surface area contributed by atoms with E-state index in [0.717, 1.165) is 12.1 Å². The first kappa shape index (κ1) is 17.9. The Bertz CT molecular complexity index is 618. The van der Waals surface area contributed by atoms with Gasteiger partial charge in [-0.05, 0) is 31.4 Å². The van der Waals surface area contributed by atoms with Crippen molar-refractivity contribution < 1.29 is 14.4 Å². The van der Waals surface area contributed by atoms with E-state index in [1.165, 1.54) is 0 Å². The molecular formula is C17H24N4O3. The van der Waals surface area contributed by atoms with Gasteiger partial charge in [0.2, 0.25) is 17.7 Å². The number of pyridine rings is 1. The fraction of sp³-hybridized carbons (Fsp3) is 0.529. The standard InChI is InChI=1S/C17H24N4O3/c1-11-10-13(11)17(24)19-9-6-15(22)18-8-7-16(23)21-14-5-3-4-12(2)20-14/h3-5,11,13H,6-10H2,1-2H3,(H,18,22)(H,19,24)(H,20,21,23)/t11-,13+/m0/s1. The summed E-state index contributed by atoms with van der Waals surface area (Å²) in [5, 5.41) is 8.10. The van der Waals surface area contributed by atoms with Crippen LogP contribution in [0.1, 0.15) is 31.9 Å². The molecule has 2 rings (SSSR count). The number of anilines is 1. The Balaban J connectivity index is 1.55. The van der Waals surface area contributed by atoms with Crippen LogP contribution in [0.4, 0.5) is 5.82 Å². The van der Waals surface area contributed by atoms with E-state index in [2.05, 4.69) is 20.9 Å². The maximum atomic E-state index is 11.8. The van der Waals surface area contributed by atoms with Crippen LogP contribution in [0.25, 0.3) is 0 Å². The predicted molar refractivity (Wildman–Crippen MR) is 90.1 cm³/mol. The van der Waals surface area contributed by atoms with E-state index in [1.54, 1.807) is 6.07 Å². The third-order valence-corrected chi connectivity index (χ3v) is 3.93.